The van der Waals surface area contributed by atoms with Crippen molar-refractivity contribution in [2.24, 2.45) is 0 Å². The Balaban J connectivity index is 1.48. The van der Waals surface area contributed by atoms with E-state index in [4.69, 9.17) is 14.2 Å². The summed E-state index contributed by atoms with van der Waals surface area (Å²) >= 11 is 0. The lowest BCUT2D eigenvalue weighted by molar-refractivity contribution is 0.0500. The molecule has 0 amide bonds. The molecule has 1 aliphatic rings. The first kappa shape index (κ1) is 13.4. The van der Waals surface area contributed by atoms with Crippen molar-refractivity contribution in [2.45, 2.75) is 12.8 Å². The molecule has 5 nitrogen and oxygen atoms in total. The van der Waals surface area contributed by atoms with Crippen molar-refractivity contribution < 1.29 is 19.0 Å². The molecule has 5 heteroatoms. The largest absolute Gasteiger partial charge is 0.462 e. The number of benzene rings is 1. The molecule has 0 bridgehead atoms. The first-order chi connectivity index (χ1) is 10.3. The van der Waals surface area contributed by atoms with E-state index >= 15 is 0 Å². The highest BCUT2D eigenvalue weighted by atomic mass is 16.7. The zero-order valence-electron chi connectivity index (χ0n) is 11.5. The summed E-state index contributed by atoms with van der Waals surface area (Å²) in [6, 6.07) is 8.96. The van der Waals surface area contributed by atoms with Gasteiger partial charge in [0.25, 0.3) is 0 Å². The quantitative estimate of drug-likeness (QED) is 0.624. The Morgan fingerprint density at radius 1 is 1.14 bits per heavy atom. The number of fused-ring (bicyclic) bond motifs is 1. The summed E-state index contributed by atoms with van der Waals surface area (Å²) in [5.74, 6) is 0.897. The van der Waals surface area contributed by atoms with Crippen LogP contribution >= 0.6 is 0 Å². The number of hydrogen-bond acceptors (Lipinski definition) is 5. The second-order valence-corrected chi connectivity index (χ2v) is 4.66. The Labute approximate surface area is 122 Å². The lowest BCUT2D eigenvalue weighted by atomic mass is 10.1. The summed E-state index contributed by atoms with van der Waals surface area (Å²) in [4.78, 5) is 15.9. The number of carbonyl (C=O) groups excluding carboxylic acids is 1. The van der Waals surface area contributed by atoms with E-state index in [-0.39, 0.29) is 12.8 Å². The van der Waals surface area contributed by atoms with Crippen LogP contribution in [0.3, 0.4) is 0 Å². The predicted molar refractivity (Wildman–Crippen MR) is 75.4 cm³/mol. The molecule has 1 aromatic carbocycles. The summed E-state index contributed by atoms with van der Waals surface area (Å²) in [6.07, 6.45) is 5.15. The fourth-order valence-electron chi connectivity index (χ4n) is 2.10. The van der Waals surface area contributed by atoms with E-state index in [1.165, 1.54) is 5.56 Å². The van der Waals surface area contributed by atoms with Gasteiger partial charge in [-0.05, 0) is 48.7 Å². The van der Waals surface area contributed by atoms with Crippen LogP contribution in [-0.2, 0) is 11.2 Å². The number of rotatable bonds is 5. The van der Waals surface area contributed by atoms with Crippen molar-refractivity contribution in [3.63, 3.8) is 0 Å². The maximum Gasteiger partial charge on any atom is 0.338 e. The molecule has 1 aromatic heterocycles. The van der Waals surface area contributed by atoms with Gasteiger partial charge in [-0.15, -0.1) is 0 Å². The SMILES string of the molecule is O=C(OCCCc1ccncc1)c1ccc2c(c1)OCO2. The van der Waals surface area contributed by atoms with E-state index in [0.29, 0.717) is 23.7 Å². The van der Waals surface area contributed by atoms with Crippen LogP contribution in [0.4, 0.5) is 0 Å². The van der Waals surface area contributed by atoms with Gasteiger partial charge in [-0.2, -0.15) is 0 Å². The lowest BCUT2D eigenvalue weighted by Gasteiger charge is -2.05. The monoisotopic (exact) mass is 285 g/mol. The van der Waals surface area contributed by atoms with E-state index < -0.39 is 0 Å². The molecule has 0 N–H and O–H groups in total. The van der Waals surface area contributed by atoms with Crippen molar-refractivity contribution in [3.8, 4) is 11.5 Å². The number of ether oxygens (including phenoxy) is 3. The summed E-state index contributed by atoms with van der Waals surface area (Å²) in [7, 11) is 0. The van der Waals surface area contributed by atoms with Crippen molar-refractivity contribution in [3.05, 3.63) is 53.9 Å². The average Bonchev–Trinajstić information content (AvgIpc) is 3.00. The fourth-order valence-corrected chi connectivity index (χ4v) is 2.10. The second-order valence-electron chi connectivity index (χ2n) is 4.66. The minimum atomic E-state index is -0.344. The second kappa shape index (κ2) is 6.26. The molecule has 0 radical (unpaired) electrons. The molecule has 0 saturated carbocycles. The summed E-state index contributed by atoms with van der Waals surface area (Å²) in [6.45, 7) is 0.579. The number of aromatic nitrogens is 1. The van der Waals surface area contributed by atoms with Crippen LogP contribution in [0.25, 0.3) is 0 Å². The standard InChI is InChI=1S/C16H15NO4/c18-16(13-3-4-14-15(10-13)21-11-20-14)19-9-1-2-12-5-7-17-8-6-12/h3-8,10H,1-2,9,11H2. The summed E-state index contributed by atoms with van der Waals surface area (Å²) < 4.78 is 15.7. The predicted octanol–water partition coefficient (Wildman–Crippen LogP) is 2.60. The van der Waals surface area contributed by atoms with Crippen LogP contribution in [0, 0.1) is 0 Å². The molecule has 3 rings (SSSR count). The Morgan fingerprint density at radius 2 is 1.95 bits per heavy atom. The average molecular weight is 285 g/mol. The number of hydrogen-bond donors (Lipinski definition) is 0. The molecule has 0 atom stereocenters. The first-order valence-electron chi connectivity index (χ1n) is 6.78. The van der Waals surface area contributed by atoms with E-state index in [1.54, 1.807) is 30.6 Å². The number of carbonyl (C=O) groups is 1. The molecule has 0 unspecified atom stereocenters. The van der Waals surface area contributed by atoms with Crippen LogP contribution in [0.2, 0.25) is 0 Å². The van der Waals surface area contributed by atoms with Gasteiger partial charge in [-0.25, -0.2) is 4.79 Å². The summed E-state index contributed by atoms with van der Waals surface area (Å²) in [5.41, 5.74) is 1.66. The highest BCUT2D eigenvalue weighted by molar-refractivity contribution is 5.90. The number of esters is 1. The first-order valence-corrected chi connectivity index (χ1v) is 6.78. The molecule has 0 spiro atoms. The third-order valence-electron chi connectivity index (χ3n) is 3.20. The van der Waals surface area contributed by atoms with E-state index in [2.05, 4.69) is 4.98 Å². The third-order valence-corrected chi connectivity index (χ3v) is 3.20. The Kier molecular flexibility index (Phi) is 4.00. The van der Waals surface area contributed by atoms with Crippen LogP contribution in [0.5, 0.6) is 11.5 Å². The van der Waals surface area contributed by atoms with E-state index in [9.17, 15) is 4.79 Å². The molecule has 0 saturated heterocycles. The minimum Gasteiger partial charge on any atom is -0.462 e. The molecule has 2 aromatic rings. The molecular formula is C16H15NO4. The highest BCUT2D eigenvalue weighted by Gasteiger charge is 2.16. The number of nitrogens with zero attached hydrogens (tertiary/aromatic N) is 1. The molecule has 2 heterocycles. The molecular weight excluding hydrogens is 270 g/mol. The summed E-state index contributed by atoms with van der Waals surface area (Å²) in [5, 5.41) is 0. The smallest absolute Gasteiger partial charge is 0.338 e. The Hall–Kier alpha value is -2.56. The zero-order chi connectivity index (χ0) is 14.5. The van der Waals surface area contributed by atoms with Gasteiger partial charge in [-0.3, -0.25) is 4.98 Å². The minimum absolute atomic E-state index is 0.194. The van der Waals surface area contributed by atoms with Gasteiger partial charge in [0.1, 0.15) is 0 Å². The molecule has 0 aliphatic carbocycles. The van der Waals surface area contributed by atoms with Crippen molar-refractivity contribution in [1.29, 1.82) is 0 Å². The molecule has 108 valence electrons. The molecule has 0 fully saturated rings. The van der Waals surface area contributed by atoms with Gasteiger partial charge in [0.05, 0.1) is 12.2 Å². The van der Waals surface area contributed by atoms with Crippen molar-refractivity contribution >= 4 is 5.97 Å². The number of pyridine rings is 1. The topological polar surface area (TPSA) is 57.7 Å². The van der Waals surface area contributed by atoms with Crippen LogP contribution < -0.4 is 9.47 Å². The van der Waals surface area contributed by atoms with Crippen LogP contribution in [-0.4, -0.2) is 24.4 Å². The maximum absolute atomic E-state index is 11.9. The van der Waals surface area contributed by atoms with Gasteiger partial charge < -0.3 is 14.2 Å². The van der Waals surface area contributed by atoms with Gasteiger partial charge in [0.2, 0.25) is 6.79 Å². The van der Waals surface area contributed by atoms with E-state index in [0.717, 1.165) is 12.8 Å². The van der Waals surface area contributed by atoms with E-state index in [1.807, 2.05) is 12.1 Å². The van der Waals surface area contributed by atoms with Gasteiger partial charge in [0, 0.05) is 12.4 Å². The zero-order valence-corrected chi connectivity index (χ0v) is 11.5. The highest BCUT2D eigenvalue weighted by Crippen LogP contribution is 2.32. The molecule has 1 aliphatic heterocycles. The van der Waals surface area contributed by atoms with Crippen molar-refractivity contribution in [2.75, 3.05) is 13.4 Å². The fraction of sp³-hybridized carbons (Fsp3) is 0.250. The Bertz CT molecular complexity index is 627. The molecule has 21 heavy (non-hydrogen) atoms. The Morgan fingerprint density at radius 3 is 2.81 bits per heavy atom. The number of aryl methyl sites for hydroxylation is 1. The van der Waals surface area contributed by atoms with Crippen LogP contribution in [0.1, 0.15) is 22.3 Å². The lowest BCUT2D eigenvalue weighted by Crippen LogP contribution is -2.07. The normalized spacial score (nSPS) is 12.2. The third kappa shape index (κ3) is 3.31. The van der Waals surface area contributed by atoms with Gasteiger partial charge >= 0.3 is 5.97 Å². The van der Waals surface area contributed by atoms with Crippen LogP contribution in [0.15, 0.2) is 42.7 Å². The van der Waals surface area contributed by atoms with Gasteiger partial charge in [-0.1, -0.05) is 0 Å². The van der Waals surface area contributed by atoms with Gasteiger partial charge in [0.15, 0.2) is 11.5 Å². The maximum atomic E-state index is 11.9. The van der Waals surface area contributed by atoms with Crippen molar-refractivity contribution in [1.82, 2.24) is 4.98 Å².